The van der Waals surface area contributed by atoms with Crippen molar-refractivity contribution in [2.45, 2.75) is 19.1 Å². The van der Waals surface area contributed by atoms with Crippen LogP contribution in [0.5, 0.6) is 0 Å². The van der Waals surface area contributed by atoms with E-state index in [1.165, 1.54) is 0 Å². The Balaban J connectivity index is 2.67. The molecule has 5 heteroatoms. The van der Waals surface area contributed by atoms with Gasteiger partial charge in [0.1, 0.15) is 5.25 Å². The second kappa shape index (κ2) is 6.51. The zero-order valence-corrected chi connectivity index (χ0v) is 10.8. The van der Waals surface area contributed by atoms with Crippen LogP contribution in [-0.4, -0.2) is 32.8 Å². The molecule has 1 rings (SSSR count). The Morgan fingerprint density at radius 3 is 2.71 bits per heavy atom. The van der Waals surface area contributed by atoms with E-state index in [4.69, 9.17) is 5.11 Å². The third kappa shape index (κ3) is 3.94. The van der Waals surface area contributed by atoms with E-state index in [0.29, 0.717) is 0 Å². The number of aliphatic hydroxyl groups excluding tert-OH is 1. The minimum atomic E-state index is -1.34. The normalized spacial score (nSPS) is 14.1. The molecular formula is C12H17NO3S. The number of amides is 1. The summed E-state index contributed by atoms with van der Waals surface area (Å²) in [7, 11) is -1.34. The fraction of sp³-hybridized carbons (Fsp3) is 0.417. The highest BCUT2D eigenvalue weighted by atomic mass is 32.2. The van der Waals surface area contributed by atoms with Gasteiger partial charge in [0, 0.05) is 22.2 Å². The predicted octanol–water partition coefficient (Wildman–Crippen LogP) is 1.06. The summed E-state index contributed by atoms with van der Waals surface area (Å²) < 4.78 is 11.5. The zero-order valence-electron chi connectivity index (χ0n) is 9.97. The molecule has 1 aromatic rings. The molecule has 0 saturated carbocycles. The largest absolute Gasteiger partial charge is 0.395 e. The topological polar surface area (TPSA) is 66.4 Å². The van der Waals surface area contributed by atoms with Crippen molar-refractivity contribution >= 4 is 22.4 Å². The van der Waals surface area contributed by atoms with E-state index in [2.05, 4.69) is 5.32 Å². The first-order valence-corrected chi connectivity index (χ1v) is 6.79. The number of carbonyl (C=O) groups is 1. The Morgan fingerprint density at radius 2 is 2.12 bits per heavy atom. The third-order valence-electron chi connectivity index (χ3n) is 2.46. The number of hydrogen-bond acceptors (Lipinski definition) is 3. The molecule has 1 aromatic carbocycles. The first-order valence-electron chi connectivity index (χ1n) is 5.40. The quantitative estimate of drug-likeness (QED) is 0.827. The molecule has 0 fully saturated rings. The Morgan fingerprint density at radius 1 is 1.47 bits per heavy atom. The molecule has 17 heavy (non-hydrogen) atoms. The smallest absolute Gasteiger partial charge is 0.239 e. The number of para-hydroxylation sites is 1. The molecule has 2 N–H and O–H groups in total. The molecule has 0 aliphatic carbocycles. The molecule has 2 unspecified atom stereocenters. The lowest BCUT2D eigenvalue weighted by Crippen LogP contribution is -2.31. The molecule has 0 bridgehead atoms. The van der Waals surface area contributed by atoms with Crippen LogP contribution >= 0.6 is 0 Å². The van der Waals surface area contributed by atoms with Crippen LogP contribution in [0.25, 0.3) is 0 Å². The SMILES string of the molecule is Cc1ccccc1NC(=O)C(C)S(=O)CCO. The lowest BCUT2D eigenvalue weighted by atomic mass is 10.2. The van der Waals surface area contributed by atoms with Crippen LogP contribution in [0.1, 0.15) is 12.5 Å². The van der Waals surface area contributed by atoms with E-state index in [0.717, 1.165) is 11.3 Å². The number of rotatable bonds is 5. The highest BCUT2D eigenvalue weighted by molar-refractivity contribution is 7.86. The van der Waals surface area contributed by atoms with Crippen LogP contribution in [0.2, 0.25) is 0 Å². The van der Waals surface area contributed by atoms with Gasteiger partial charge >= 0.3 is 0 Å². The van der Waals surface area contributed by atoms with E-state index >= 15 is 0 Å². The summed E-state index contributed by atoms with van der Waals surface area (Å²) >= 11 is 0. The second-order valence-electron chi connectivity index (χ2n) is 3.75. The Bertz CT molecular complexity index is 420. The van der Waals surface area contributed by atoms with Crippen LogP contribution in [0.4, 0.5) is 5.69 Å². The highest BCUT2D eigenvalue weighted by Gasteiger charge is 2.19. The van der Waals surface area contributed by atoms with E-state index in [1.54, 1.807) is 13.0 Å². The van der Waals surface area contributed by atoms with Gasteiger partial charge in [-0.1, -0.05) is 18.2 Å². The van der Waals surface area contributed by atoms with E-state index in [1.807, 2.05) is 25.1 Å². The standard InChI is InChI=1S/C12H17NO3S/c1-9-5-3-4-6-11(9)13-12(15)10(2)17(16)8-7-14/h3-6,10,14H,7-8H2,1-2H3,(H,13,15). The van der Waals surface area contributed by atoms with Crippen LogP contribution in [0, 0.1) is 6.92 Å². The van der Waals surface area contributed by atoms with Crippen LogP contribution in [0.3, 0.4) is 0 Å². The molecule has 2 atom stereocenters. The van der Waals surface area contributed by atoms with Gasteiger partial charge in [0.2, 0.25) is 5.91 Å². The average Bonchev–Trinajstić information content (AvgIpc) is 2.31. The molecular weight excluding hydrogens is 238 g/mol. The summed E-state index contributed by atoms with van der Waals surface area (Å²) in [4.78, 5) is 11.8. The predicted molar refractivity (Wildman–Crippen MR) is 69.4 cm³/mol. The fourth-order valence-electron chi connectivity index (χ4n) is 1.33. The van der Waals surface area contributed by atoms with E-state index in [-0.39, 0.29) is 18.3 Å². The number of nitrogens with one attached hydrogen (secondary N) is 1. The summed E-state index contributed by atoms with van der Waals surface area (Å²) in [6, 6.07) is 7.41. The number of anilines is 1. The molecule has 4 nitrogen and oxygen atoms in total. The summed E-state index contributed by atoms with van der Waals surface area (Å²) in [5, 5.41) is 10.8. The third-order valence-corrected chi connectivity index (χ3v) is 4.05. The van der Waals surface area contributed by atoms with Crippen LogP contribution in [0.15, 0.2) is 24.3 Å². The van der Waals surface area contributed by atoms with Crippen LogP contribution in [-0.2, 0) is 15.6 Å². The van der Waals surface area contributed by atoms with Gasteiger partial charge in [0.15, 0.2) is 0 Å². The molecule has 1 amide bonds. The minimum absolute atomic E-state index is 0.127. The van der Waals surface area contributed by atoms with Crippen molar-refractivity contribution in [2.75, 3.05) is 17.7 Å². The number of benzene rings is 1. The molecule has 94 valence electrons. The van der Waals surface area contributed by atoms with Crippen molar-refractivity contribution in [3.8, 4) is 0 Å². The summed E-state index contributed by atoms with van der Waals surface area (Å²) in [5.41, 5.74) is 1.69. The maximum atomic E-state index is 11.8. The van der Waals surface area contributed by atoms with E-state index < -0.39 is 16.0 Å². The summed E-state index contributed by atoms with van der Waals surface area (Å²) in [5.74, 6) is -0.159. The molecule has 0 aromatic heterocycles. The Kier molecular flexibility index (Phi) is 5.31. The van der Waals surface area contributed by atoms with Crippen molar-refractivity contribution in [3.63, 3.8) is 0 Å². The first-order chi connectivity index (χ1) is 8.06. The van der Waals surface area contributed by atoms with Crippen molar-refractivity contribution < 1.29 is 14.1 Å². The number of hydrogen-bond donors (Lipinski definition) is 2. The highest BCUT2D eigenvalue weighted by Crippen LogP contribution is 2.14. The molecule has 0 heterocycles. The van der Waals surface area contributed by atoms with Gasteiger partial charge in [-0.05, 0) is 25.5 Å². The molecule has 0 spiro atoms. The fourth-order valence-corrected chi connectivity index (χ4v) is 2.16. The van der Waals surface area contributed by atoms with Crippen molar-refractivity contribution in [1.82, 2.24) is 0 Å². The maximum absolute atomic E-state index is 11.8. The molecule has 0 aliphatic heterocycles. The molecule has 0 saturated heterocycles. The lowest BCUT2D eigenvalue weighted by molar-refractivity contribution is -0.115. The summed E-state index contributed by atoms with van der Waals surface area (Å²) in [6.07, 6.45) is 0. The Hall–Kier alpha value is -1.20. The second-order valence-corrected chi connectivity index (χ2v) is 5.63. The van der Waals surface area contributed by atoms with Gasteiger partial charge in [0.25, 0.3) is 0 Å². The van der Waals surface area contributed by atoms with Gasteiger partial charge < -0.3 is 10.4 Å². The molecule has 0 radical (unpaired) electrons. The lowest BCUT2D eigenvalue weighted by Gasteiger charge is -2.12. The van der Waals surface area contributed by atoms with Gasteiger partial charge in [-0.25, -0.2) is 0 Å². The molecule has 0 aliphatic rings. The first kappa shape index (κ1) is 13.9. The van der Waals surface area contributed by atoms with Gasteiger partial charge in [-0.3, -0.25) is 9.00 Å². The van der Waals surface area contributed by atoms with Crippen molar-refractivity contribution in [3.05, 3.63) is 29.8 Å². The zero-order chi connectivity index (χ0) is 12.8. The van der Waals surface area contributed by atoms with Crippen molar-refractivity contribution in [1.29, 1.82) is 0 Å². The average molecular weight is 255 g/mol. The number of aryl methyl sites for hydroxylation is 1. The van der Waals surface area contributed by atoms with Gasteiger partial charge in [0.05, 0.1) is 6.61 Å². The summed E-state index contributed by atoms with van der Waals surface area (Å²) in [6.45, 7) is 3.32. The number of aliphatic hydroxyl groups is 1. The minimum Gasteiger partial charge on any atom is -0.395 e. The van der Waals surface area contributed by atoms with E-state index in [9.17, 15) is 9.00 Å². The van der Waals surface area contributed by atoms with Gasteiger partial charge in [-0.2, -0.15) is 0 Å². The van der Waals surface area contributed by atoms with Crippen molar-refractivity contribution in [2.24, 2.45) is 0 Å². The van der Waals surface area contributed by atoms with Gasteiger partial charge in [-0.15, -0.1) is 0 Å². The maximum Gasteiger partial charge on any atom is 0.239 e. The number of carbonyl (C=O) groups excluding carboxylic acids is 1. The monoisotopic (exact) mass is 255 g/mol. The Labute approximate surface area is 104 Å². The van der Waals surface area contributed by atoms with Crippen LogP contribution < -0.4 is 5.32 Å².